The van der Waals surface area contributed by atoms with Crippen molar-refractivity contribution in [3.63, 3.8) is 0 Å². The molecule has 0 saturated carbocycles. The SMILES string of the molecule is Cc1nc(SSc2nc(C)n(C)c2-c2ccccc2)c(-c2ccccc2)n1C. The van der Waals surface area contributed by atoms with Gasteiger partial charge in [0, 0.05) is 25.2 Å². The summed E-state index contributed by atoms with van der Waals surface area (Å²) in [4.78, 5) is 9.61. The smallest absolute Gasteiger partial charge is 0.133 e. The minimum atomic E-state index is 1.00. The van der Waals surface area contributed by atoms with Gasteiger partial charge in [0.25, 0.3) is 0 Å². The van der Waals surface area contributed by atoms with E-state index in [2.05, 4.69) is 71.8 Å². The lowest BCUT2D eigenvalue weighted by atomic mass is 10.2. The third-order valence-corrected chi connectivity index (χ3v) is 7.03. The first-order chi connectivity index (χ1) is 13.6. The van der Waals surface area contributed by atoms with Crippen molar-refractivity contribution in [1.29, 1.82) is 0 Å². The van der Waals surface area contributed by atoms with E-state index in [-0.39, 0.29) is 0 Å². The molecule has 0 aliphatic rings. The maximum absolute atomic E-state index is 4.80. The van der Waals surface area contributed by atoms with Crippen molar-refractivity contribution in [2.45, 2.75) is 23.9 Å². The molecule has 0 bridgehead atoms. The zero-order chi connectivity index (χ0) is 19.7. The van der Waals surface area contributed by atoms with Crippen molar-refractivity contribution in [3.8, 4) is 22.5 Å². The van der Waals surface area contributed by atoms with Crippen LogP contribution < -0.4 is 0 Å². The van der Waals surface area contributed by atoms with E-state index < -0.39 is 0 Å². The fourth-order valence-corrected chi connectivity index (χ4v) is 5.52. The Labute approximate surface area is 173 Å². The number of hydrogen-bond acceptors (Lipinski definition) is 4. The quantitative estimate of drug-likeness (QED) is 0.386. The van der Waals surface area contributed by atoms with Crippen LogP contribution in [0.3, 0.4) is 0 Å². The molecule has 0 spiro atoms. The van der Waals surface area contributed by atoms with Gasteiger partial charge in [-0.15, -0.1) is 0 Å². The molecule has 0 aliphatic carbocycles. The standard InChI is InChI=1S/C22H22N4S2/c1-15-23-21(19(25(15)3)17-11-7-5-8-12-17)27-28-22-20(26(4)16(2)24-22)18-13-9-6-10-14-18/h5-14H,1-4H3. The van der Waals surface area contributed by atoms with Gasteiger partial charge in [-0.05, 0) is 35.4 Å². The summed E-state index contributed by atoms with van der Waals surface area (Å²) in [6.07, 6.45) is 0. The van der Waals surface area contributed by atoms with E-state index in [1.54, 1.807) is 21.6 Å². The highest BCUT2D eigenvalue weighted by Gasteiger charge is 2.19. The van der Waals surface area contributed by atoms with Crippen LogP contribution in [0, 0.1) is 13.8 Å². The predicted octanol–water partition coefficient (Wildman–Crippen LogP) is 5.90. The molecule has 4 rings (SSSR count). The summed E-state index contributed by atoms with van der Waals surface area (Å²) in [7, 11) is 7.48. The molecule has 0 N–H and O–H groups in total. The van der Waals surface area contributed by atoms with Crippen LogP contribution in [-0.4, -0.2) is 19.1 Å². The van der Waals surface area contributed by atoms with Gasteiger partial charge >= 0.3 is 0 Å². The molecule has 0 radical (unpaired) electrons. The van der Waals surface area contributed by atoms with Gasteiger partial charge in [-0.1, -0.05) is 60.7 Å². The van der Waals surface area contributed by atoms with Crippen LogP contribution in [0.2, 0.25) is 0 Å². The largest absolute Gasteiger partial charge is 0.330 e. The first-order valence-corrected chi connectivity index (χ1v) is 11.2. The van der Waals surface area contributed by atoms with Gasteiger partial charge in [-0.3, -0.25) is 0 Å². The molecule has 0 amide bonds. The van der Waals surface area contributed by atoms with E-state index in [1.807, 2.05) is 26.0 Å². The molecular formula is C22H22N4S2. The molecule has 2 aromatic heterocycles. The lowest BCUT2D eigenvalue weighted by molar-refractivity contribution is 0.865. The second-order valence-corrected chi connectivity index (χ2v) is 8.75. The summed E-state index contributed by atoms with van der Waals surface area (Å²) < 4.78 is 4.31. The Balaban J connectivity index is 1.69. The average molecular weight is 407 g/mol. The van der Waals surface area contributed by atoms with E-state index in [0.29, 0.717) is 0 Å². The van der Waals surface area contributed by atoms with Gasteiger partial charge in [0.05, 0.1) is 11.4 Å². The Morgan fingerprint density at radius 1 is 0.607 bits per heavy atom. The minimum absolute atomic E-state index is 1.00. The first kappa shape index (κ1) is 18.9. The monoisotopic (exact) mass is 406 g/mol. The number of aromatic nitrogens is 4. The summed E-state index contributed by atoms with van der Waals surface area (Å²) >= 11 is 0. The third-order valence-electron chi connectivity index (χ3n) is 4.87. The molecule has 142 valence electrons. The fourth-order valence-electron chi connectivity index (χ4n) is 3.18. The molecule has 0 fully saturated rings. The van der Waals surface area contributed by atoms with E-state index in [1.165, 1.54) is 11.1 Å². The summed E-state index contributed by atoms with van der Waals surface area (Å²) in [6, 6.07) is 20.9. The van der Waals surface area contributed by atoms with Crippen LogP contribution in [0.25, 0.3) is 22.5 Å². The second-order valence-electron chi connectivity index (χ2n) is 6.64. The third kappa shape index (κ3) is 3.50. The van der Waals surface area contributed by atoms with E-state index in [4.69, 9.17) is 9.97 Å². The Morgan fingerprint density at radius 2 is 0.964 bits per heavy atom. The van der Waals surface area contributed by atoms with Crippen LogP contribution in [0.15, 0.2) is 70.7 Å². The maximum atomic E-state index is 4.80. The van der Waals surface area contributed by atoms with Crippen molar-refractivity contribution >= 4 is 21.6 Å². The van der Waals surface area contributed by atoms with Crippen molar-refractivity contribution in [3.05, 3.63) is 72.3 Å². The Kier molecular flexibility index (Phi) is 5.33. The molecular weight excluding hydrogens is 384 g/mol. The molecule has 2 heterocycles. The number of nitrogens with zero attached hydrogens (tertiary/aromatic N) is 4. The number of benzene rings is 2. The van der Waals surface area contributed by atoms with Gasteiger partial charge in [0.2, 0.25) is 0 Å². The van der Waals surface area contributed by atoms with Gasteiger partial charge in [0.1, 0.15) is 21.7 Å². The number of rotatable bonds is 5. The lowest BCUT2D eigenvalue weighted by Gasteiger charge is -2.07. The van der Waals surface area contributed by atoms with Crippen LogP contribution >= 0.6 is 21.6 Å². The normalized spacial score (nSPS) is 11.1. The van der Waals surface area contributed by atoms with Gasteiger partial charge in [0.15, 0.2) is 0 Å². The zero-order valence-electron chi connectivity index (χ0n) is 16.4. The maximum Gasteiger partial charge on any atom is 0.133 e. The second kappa shape index (κ2) is 7.89. The van der Waals surface area contributed by atoms with E-state index >= 15 is 0 Å². The van der Waals surface area contributed by atoms with Crippen molar-refractivity contribution < 1.29 is 0 Å². The molecule has 0 saturated heterocycles. The number of aryl methyl sites for hydroxylation is 2. The summed E-state index contributed by atoms with van der Waals surface area (Å²) in [6.45, 7) is 4.09. The highest BCUT2D eigenvalue weighted by molar-refractivity contribution is 8.76. The molecule has 6 heteroatoms. The van der Waals surface area contributed by atoms with Crippen molar-refractivity contribution in [2.24, 2.45) is 14.1 Å². The fraction of sp³-hybridized carbons (Fsp3) is 0.182. The zero-order valence-corrected chi connectivity index (χ0v) is 18.0. The highest BCUT2D eigenvalue weighted by atomic mass is 33.1. The first-order valence-electron chi connectivity index (χ1n) is 9.08. The Morgan fingerprint density at radius 3 is 1.32 bits per heavy atom. The van der Waals surface area contributed by atoms with Gasteiger partial charge in [-0.2, -0.15) is 0 Å². The summed E-state index contributed by atoms with van der Waals surface area (Å²) in [5, 5.41) is 2.03. The van der Waals surface area contributed by atoms with E-state index in [9.17, 15) is 0 Å². The van der Waals surface area contributed by atoms with Crippen molar-refractivity contribution in [1.82, 2.24) is 19.1 Å². The topological polar surface area (TPSA) is 35.6 Å². The van der Waals surface area contributed by atoms with Gasteiger partial charge in [-0.25, -0.2) is 9.97 Å². The van der Waals surface area contributed by atoms with Crippen molar-refractivity contribution in [2.75, 3.05) is 0 Å². The van der Waals surface area contributed by atoms with Crippen LogP contribution in [0.4, 0.5) is 0 Å². The van der Waals surface area contributed by atoms with E-state index in [0.717, 1.165) is 33.1 Å². The molecule has 2 aromatic carbocycles. The number of hydrogen-bond donors (Lipinski definition) is 0. The lowest BCUT2D eigenvalue weighted by Crippen LogP contribution is -1.94. The Bertz CT molecular complexity index is 1010. The molecule has 4 aromatic rings. The highest BCUT2D eigenvalue weighted by Crippen LogP contribution is 2.44. The van der Waals surface area contributed by atoms with Gasteiger partial charge < -0.3 is 9.13 Å². The molecule has 28 heavy (non-hydrogen) atoms. The number of imidazole rings is 2. The van der Waals surface area contributed by atoms with Crippen LogP contribution in [0.1, 0.15) is 11.6 Å². The molecule has 4 nitrogen and oxygen atoms in total. The van der Waals surface area contributed by atoms with Crippen LogP contribution in [0.5, 0.6) is 0 Å². The molecule has 0 aliphatic heterocycles. The summed E-state index contributed by atoms with van der Waals surface area (Å²) in [5.41, 5.74) is 4.64. The average Bonchev–Trinajstić information content (AvgIpc) is 3.17. The Hall–Kier alpha value is -2.44. The molecule has 0 unspecified atom stereocenters. The predicted molar refractivity (Wildman–Crippen MR) is 118 cm³/mol. The molecule has 0 atom stereocenters. The minimum Gasteiger partial charge on any atom is -0.330 e. The van der Waals surface area contributed by atoms with Crippen LogP contribution in [-0.2, 0) is 14.1 Å². The summed E-state index contributed by atoms with van der Waals surface area (Å²) in [5.74, 6) is 2.00.